The van der Waals surface area contributed by atoms with Gasteiger partial charge in [0.25, 0.3) is 0 Å². The average molecular weight is 334 g/mol. The molecule has 0 saturated carbocycles. The van der Waals surface area contributed by atoms with Crippen LogP contribution in [0.4, 0.5) is 0 Å². The van der Waals surface area contributed by atoms with Gasteiger partial charge >= 0.3 is 11.9 Å². The van der Waals surface area contributed by atoms with Crippen LogP contribution in [0.5, 0.6) is 0 Å². The Balaban J connectivity index is 3.76. The molecule has 0 radical (unpaired) electrons. The van der Waals surface area contributed by atoms with Crippen molar-refractivity contribution in [3.05, 3.63) is 0 Å². The number of carboxylic acid groups (broad SMARTS) is 2. The Labute approximate surface area is 135 Å². The maximum absolute atomic E-state index is 11.8. The summed E-state index contributed by atoms with van der Waals surface area (Å²) in [5, 5.41) is 18.0. The molecule has 0 saturated heterocycles. The second kappa shape index (κ2) is 9.28. The Hall–Kier alpha value is -0.910. The van der Waals surface area contributed by atoms with Crippen molar-refractivity contribution in [2.24, 2.45) is 10.8 Å². The van der Waals surface area contributed by atoms with E-state index in [1.165, 1.54) is 0 Å². The van der Waals surface area contributed by atoms with Crippen molar-refractivity contribution in [1.29, 1.82) is 0 Å². The molecule has 0 aliphatic rings. The van der Waals surface area contributed by atoms with Gasteiger partial charge in [0, 0.05) is 22.3 Å². The first kappa shape index (κ1) is 21.1. The van der Waals surface area contributed by atoms with E-state index in [1.807, 2.05) is 0 Å². The van der Waals surface area contributed by atoms with E-state index in [2.05, 4.69) is 0 Å². The molecule has 0 aliphatic heterocycles. The van der Waals surface area contributed by atoms with E-state index < -0.39 is 33.6 Å². The summed E-state index contributed by atoms with van der Waals surface area (Å²) in [4.78, 5) is 21.9. The lowest BCUT2D eigenvalue weighted by molar-refractivity contribution is -0.148. The highest BCUT2D eigenvalue weighted by atomic mass is 32.2. The lowest BCUT2D eigenvalue weighted by Gasteiger charge is -2.18. The molecule has 0 aliphatic carbocycles. The predicted molar refractivity (Wildman–Crippen MR) is 88.4 cm³/mol. The topological polar surface area (TPSA) is 91.7 Å². The van der Waals surface area contributed by atoms with Crippen LogP contribution in [0, 0.1) is 10.8 Å². The summed E-state index contributed by atoms with van der Waals surface area (Å²) < 4.78 is 11.8. The third-order valence-electron chi connectivity index (χ3n) is 4.01. The van der Waals surface area contributed by atoms with E-state index in [9.17, 15) is 13.8 Å². The average Bonchev–Trinajstić information content (AvgIpc) is 2.39. The largest absolute Gasteiger partial charge is 0.481 e. The number of aliphatic carboxylic acids is 2. The molecule has 0 aromatic rings. The minimum atomic E-state index is -0.893. The molecule has 22 heavy (non-hydrogen) atoms. The van der Waals surface area contributed by atoms with Gasteiger partial charge in [-0.25, -0.2) is 0 Å². The zero-order valence-corrected chi connectivity index (χ0v) is 15.0. The van der Waals surface area contributed by atoms with Crippen molar-refractivity contribution in [2.45, 2.75) is 66.2 Å². The molecule has 0 heterocycles. The second-order valence-electron chi connectivity index (χ2n) is 7.14. The van der Waals surface area contributed by atoms with Gasteiger partial charge in [-0.05, 0) is 53.4 Å². The molecule has 0 unspecified atom stereocenters. The van der Waals surface area contributed by atoms with Gasteiger partial charge in [-0.1, -0.05) is 12.8 Å². The first-order valence-electron chi connectivity index (χ1n) is 7.81. The monoisotopic (exact) mass is 334 g/mol. The molecule has 2 N–H and O–H groups in total. The van der Waals surface area contributed by atoms with Gasteiger partial charge in [0.2, 0.25) is 0 Å². The van der Waals surface area contributed by atoms with Gasteiger partial charge < -0.3 is 10.2 Å². The molecule has 0 aromatic carbocycles. The van der Waals surface area contributed by atoms with E-state index in [-0.39, 0.29) is 0 Å². The number of hydrogen-bond donors (Lipinski definition) is 2. The number of carboxylic acids is 2. The van der Waals surface area contributed by atoms with E-state index >= 15 is 0 Å². The smallest absolute Gasteiger partial charge is 0.309 e. The van der Waals surface area contributed by atoms with Gasteiger partial charge in [0.05, 0.1) is 10.8 Å². The van der Waals surface area contributed by atoms with Crippen LogP contribution in [0.1, 0.15) is 66.2 Å². The maximum Gasteiger partial charge on any atom is 0.309 e. The van der Waals surface area contributed by atoms with Crippen LogP contribution < -0.4 is 0 Å². The van der Waals surface area contributed by atoms with Gasteiger partial charge in [-0.2, -0.15) is 0 Å². The lowest BCUT2D eigenvalue weighted by atomic mass is 9.87. The van der Waals surface area contributed by atoms with E-state index in [4.69, 9.17) is 10.2 Å². The minimum Gasteiger partial charge on any atom is -0.481 e. The van der Waals surface area contributed by atoms with Gasteiger partial charge in [0.15, 0.2) is 0 Å². The van der Waals surface area contributed by atoms with Crippen molar-refractivity contribution in [3.8, 4) is 0 Å². The fourth-order valence-electron chi connectivity index (χ4n) is 1.98. The van der Waals surface area contributed by atoms with Crippen LogP contribution in [-0.2, 0) is 20.4 Å². The number of rotatable bonds is 12. The summed E-state index contributed by atoms with van der Waals surface area (Å²) in [7, 11) is -0.893. The van der Waals surface area contributed by atoms with Gasteiger partial charge in [0.1, 0.15) is 0 Å². The molecule has 0 bridgehead atoms. The zero-order chi connectivity index (χ0) is 17.4. The molecular formula is C16H30O5S. The molecule has 0 amide bonds. The summed E-state index contributed by atoms with van der Waals surface area (Å²) >= 11 is 0. The molecule has 0 rings (SSSR count). The molecule has 6 heteroatoms. The third kappa shape index (κ3) is 8.51. The van der Waals surface area contributed by atoms with Crippen molar-refractivity contribution in [2.75, 3.05) is 11.5 Å². The first-order chi connectivity index (χ1) is 9.99. The standard InChI is InChI=1S/C16H30O5S/c1-15(2,13(17)18)9-5-7-11-22(21)12-8-6-10-16(3,4)14(19)20/h5-12H2,1-4H3,(H,17,18)(H,19,20). The molecule has 0 aromatic heterocycles. The SMILES string of the molecule is CC(C)(CCCCS(=O)CCCCC(C)(C)C(=O)O)C(=O)O. The molecule has 5 nitrogen and oxygen atoms in total. The van der Waals surface area contributed by atoms with Crippen LogP contribution in [0.25, 0.3) is 0 Å². The number of carbonyl (C=O) groups is 2. The third-order valence-corrected chi connectivity index (χ3v) is 5.49. The fourth-order valence-corrected chi connectivity index (χ4v) is 3.23. The number of unbranched alkanes of at least 4 members (excludes halogenated alkanes) is 2. The van der Waals surface area contributed by atoms with Crippen molar-refractivity contribution in [1.82, 2.24) is 0 Å². The van der Waals surface area contributed by atoms with Gasteiger partial charge in [-0.3, -0.25) is 13.8 Å². The molecule has 0 fully saturated rings. The van der Waals surface area contributed by atoms with E-state index in [0.717, 1.165) is 25.7 Å². The Morgan fingerprint density at radius 1 is 0.773 bits per heavy atom. The van der Waals surface area contributed by atoms with Crippen molar-refractivity contribution in [3.63, 3.8) is 0 Å². The Morgan fingerprint density at radius 3 is 1.36 bits per heavy atom. The van der Waals surface area contributed by atoms with Crippen molar-refractivity contribution < 1.29 is 24.0 Å². The highest BCUT2D eigenvalue weighted by Crippen LogP contribution is 2.24. The molecule has 0 spiro atoms. The summed E-state index contributed by atoms with van der Waals surface area (Å²) in [6.07, 6.45) is 4.24. The Kier molecular flexibility index (Phi) is 8.89. The highest BCUT2D eigenvalue weighted by Gasteiger charge is 2.27. The second-order valence-corrected chi connectivity index (χ2v) is 8.84. The predicted octanol–water partition coefficient (Wildman–Crippen LogP) is 3.30. The molecular weight excluding hydrogens is 304 g/mol. The molecule has 0 atom stereocenters. The normalized spacial score (nSPS) is 12.6. The van der Waals surface area contributed by atoms with Crippen LogP contribution in [-0.4, -0.2) is 37.9 Å². The maximum atomic E-state index is 11.8. The Morgan fingerprint density at radius 2 is 1.09 bits per heavy atom. The van der Waals surface area contributed by atoms with Crippen LogP contribution in [0.15, 0.2) is 0 Å². The van der Waals surface area contributed by atoms with Gasteiger partial charge in [-0.15, -0.1) is 0 Å². The Bertz CT molecular complexity index is 365. The van der Waals surface area contributed by atoms with E-state index in [1.54, 1.807) is 27.7 Å². The summed E-state index contributed by atoms with van der Waals surface area (Å²) in [5.41, 5.74) is -1.44. The van der Waals surface area contributed by atoms with Crippen molar-refractivity contribution >= 4 is 22.7 Å². The number of hydrogen-bond acceptors (Lipinski definition) is 3. The highest BCUT2D eigenvalue weighted by molar-refractivity contribution is 7.84. The lowest BCUT2D eigenvalue weighted by Crippen LogP contribution is -2.23. The van der Waals surface area contributed by atoms with Crippen LogP contribution in [0.3, 0.4) is 0 Å². The zero-order valence-electron chi connectivity index (χ0n) is 14.2. The van der Waals surface area contributed by atoms with Crippen LogP contribution >= 0.6 is 0 Å². The van der Waals surface area contributed by atoms with E-state index in [0.29, 0.717) is 24.3 Å². The first-order valence-corrected chi connectivity index (χ1v) is 9.29. The summed E-state index contributed by atoms with van der Waals surface area (Å²) in [6, 6.07) is 0. The quantitative estimate of drug-likeness (QED) is 0.534. The molecule has 130 valence electrons. The fraction of sp³-hybridized carbons (Fsp3) is 0.875. The van der Waals surface area contributed by atoms with Crippen LogP contribution in [0.2, 0.25) is 0 Å². The summed E-state index contributed by atoms with van der Waals surface area (Å²) in [6.45, 7) is 6.82. The summed E-state index contributed by atoms with van der Waals surface area (Å²) in [5.74, 6) is -0.403. The minimum absolute atomic E-state index is 0.590.